The van der Waals surface area contributed by atoms with E-state index in [4.69, 9.17) is 0 Å². The van der Waals surface area contributed by atoms with Crippen molar-refractivity contribution in [2.24, 2.45) is 0 Å². The van der Waals surface area contributed by atoms with Gasteiger partial charge in [-0.15, -0.1) is 0 Å². The summed E-state index contributed by atoms with van der Waals surface area (Å²) >= 11 is 3.21. The molecule has 0 spiro atoms. The van der Waals surface area contributed by atoms with Gasteiger partial charge in [0.05, 0.1) is 4.47 Å². The Balaban J connectivity index is 1.96. The molecule has 0 aliphatic carbocycles. The molecule has 1 N–H and O–H groups in total. The third-order valence-corrected chi connectivity index (χ3v) is 4.23. The topological polar surface area (TPSA) is 12.0 Å². The van der Waals surface area contributed by atoms with Gasteiger partial charge in [0.2, 0.25) is 0 Å². The van der Waals surface area contributed by atoms with Crippen LogP contribution in [-0.4, -0.2) is 6.04 Å². The lowest BCUT2D eigenvalue weighted by Gasteiger charge is -2.17. The number of nitrogens with one attached hydrogen (secondary N) is 1. The lowest BCUT2D eigenvalue weighted by molar-refractivity contribution is 0.620. The minimum absolute atomic E-state index is 0.228. The van der Waals surface area contributed by atoms with Gasteiger partial charge in [0.25, 0.3) is 0 Å². The molecule has 0 heterocycles. The molecule has 0 bridgehead atoms. The van der Waals surface area contributed by atoms with Crippen molar-refractivity contribution in [2.75, 3.05) is 5.32 Å². The average molecular weight is 350 g/mol. The molecule has 0 amide bonds. The fourth-order valence-electron chi connectivity index (χ4n) is 2.39. The molecule has 2 aromatic rings. The Morgan fingerprint density at radius 3 is 2.67 bits per heavy atom. The first-order valence-corrected chi connectivity index (χ1v) is 8.02. The van der Waals surface area contributed by atoms with E-state index in [1.807, 2.05) is 13.0 Å². The van der Waals surface area contributed by atoms with Gasteiger partial charge < -0.3 is 5.32 Å². The van der Waals surface area contributed by atoms with Gasteiger partial charge in [-0.3, -0.25) is 0 Å². The molecule has 21 heavy (non-hydrogen) atoms. The zero-order valence-corrected chi connectivity index (χ0v) is 14.3. The Hall–Kier alpha value is -1.35. The molecular formula is C18H21BrFN. The summed E-state index contributed by atoms with van der Waals surface area (Å²) < 4.78 is 14.1. The number of hydrogen-bond donors (Lipinski definition) is 1. The largest absolute Gasteiger partial charge is 0.382 e. The molecule has 0 saturated carbocycles. The van der Waals surface area contributed by atoms with E-state index in [1.54, 1.807) is 6.07 Å². The molecule has 0 aliphatic heterocycles. The zero-order chi connectivity index (χ0) is 15.4. The molecule has 0 fully saturated rings. The minimum atomic E-state index is -0.228. The maximum Gasteiger partial charge on any atom is 0.139 e. The van der Waals surface area contributed by atoms with Crippen molar-refractivity contribution < 1.29 is 4.39 Å². The van der Waals surface area contributed by atoms with Gasteiger partial charge >= 0.3 is 0 Å². The van der Waals surface area contributed by atoms with Gasteiger partial charge in [-0.1, -0.05) is 29.8 Å². The first-order chi connectivity index (χ1) is 9.95. The second-order valence-corrected chi connectivity index (χ2v) is 6.51. The molecule has 0 radical (unpaired) electrons. The van der Waals surface area contributed by atoms with Crippen LogP contribution in [0.3, 0.4) is 0 Å². The monoisotopic (exact) mass is 349 g/mol. The summed E-state index contributed by atoms with van der Waals surface area (Å²) in [5, 5.41) is 3.40. The van der Waals surface area contributed by atoms with Crippen molar-refractivity contribution in [2.45, 2.75) is 39.7 Å². The van der Waals surface area contributed by atoms with Crippen LogP contribution in [0.25, 0.3) is 0 Å². The van der Waals surface area contributed by atoms with Gasteiger partial charge in [-0.25, -0.2) is 4.39 Å². The van der Waals surface area contributed by atoms with Crippen LogP contribution in [0, 0.1) is 19.7 Å². The molecule has 1 nitrogen and oxygen atoms in total. The van der Waals surface area contributed by atoms with Crippen LogP contribution < -0.4 is 5.32 Å². The summed E-state index contributed by atoms with van der Waals surface area (Å²) in [6, 6.07) is 12.2. The summed E-state index contributed by atoms with van der Waals surface area (Å²) in [7, 11) is 0. The van der Waals surface area contributed by atoms with E-state index in [2.05, 4.69) is 59.4 Å². The summed E-state index contributed by atoms with van der Waals surface area (Å²) in [4.78, 5) is 0. The molecule has 1 unspecified atom stereocenters. The fourth-order valence-corrected chi connectivity index (χ4v) is 2.85. The van der Waals surface area contributed by atoms with Crippen molar-refractivity contribution >= 4 is 21.6 Å². The first-order valence-electron chi connectivity index (χ1n) is 7.23. The van der Waals surface area contributed by atoms with Gasteiger partial charge in [0, 0.05) is 11.7 Å². The Bertz CT molecular complexity index is 625. The molecule has 2 aromatic carbocycles. The van der Waals surface area contributed by atoms with Crippen LogP contribution in [0.4, 0.5) is 10.1 Å². The highest BCUT2D eigenvalue weighted by molar-refractivity contribution is 9.10. The van der Waals surface area contributed by atoms with Gasteiger partial charge in [0.1, 0.15) is 5.82 Å². The fraction of sp³-hybridized carbons (Fsp3) is 0.333. The average Bonchev–Trinajstić information content (AvgIpc) is 2.43. The third kappa shape index (κ3) is 4.57. The van der Waals surface area contributed by atoms with Crippen molar-refractivity contribution in [1.29, 1.82) is 0 Å². The normalized spacial score (nSPS) is 12.2. The van der Waals surface area contributed by atoms with Crippen molar-refractivity contribution in [3.05, 3.63) is 63.4 Å². The van der Waals surface area contributed by atoms with E-state index in [1.165, 1.54) is 11.1 Å². The standard InChI is InChI=1S/C18H21BrFN/c1-12-5-4-6-15(9-12)8-7-14(3)21-18-11-17(20)16(19)10-13(18)2/h4-6,9-11,14,21H,7-8H2,1-3H3. The molecule has 112 valence electrons. The van der Waals surface area contributed by atoms with E-state index in [-0.39, 0.29) is 5.82 Å². The van der Waals surface area contributed by atoms with Crippen LogP contribution >= 0.6 is 15.9 Å². The Kier molecular flexibility index (Phi) is 5.40. The van der Waals surface area contributed by atoms with Crippen LogP contribution in [0.5, 0.6) is 0 Å². The molecule has 0 aliphatic rings. The number of rotatable bonds is 5. The Morgan fingerprint density at radius 2 is 1.95 bits per heavy atom. The highest BCUT2D eigenvalue weighted by Crippen LogP contribution is 2.25. The maximum absolute atomic E-state index is 13.6. The Labute approximate surface area is 134 Å². The summed E-state index contributed by atoms with van der Waals surface area (Å²) in [6.45, 7) is 6.23. The molecule has 1 atom stereocenters. The summed E-state index contributed by atoms with van der Waals surface area (Å²) in [5.74, 6) is -0.228. The van der Waals surface area contributed by atoms with E-state index in [0.717, 1.165) is 24.1 Å². The summed E-state index contributed by atoms with van der Waals surface area (Å²) in [5.41, 5.74) is 4.56. The van der Waals surface area contributed by atoms with Crippen LogP contribution in [-0.2, 0) is 6.42 Å². The second-order valence-electron chi connectivity index (χ2n) is 5.65. The number of benzene rings is 2. The predicted molar refractivity (Wildman–Crippen MR) is 91.4 cm³/mol. The molecule has 0 aromatic heterocycles. The number of anilines is 1. The highest BCUT2D eigenvalue weighted by Gasteiger charge is 2.08. The maximum atomic E-state index is 13.6. The van der Waals surface area contributed by atoms with E-state index >= 15 is 0 Å². The van der Waals surface area contributed by atoms with E-state index < -0.39 is 0 Å². The minimum Gasteiger partial charge on any atom is -0.382 e. The highest BCUT2D eigenvalue weighted by atomic mass is 79.9. The van der Waals surface area contributed by atoms with Crippen LogP contribution in [0.1, 0.15) is 30.0 Å². The van der Waals surface area contributed by atoms with Gasteiger partial charge in [-0.2, -0.15) is 0 Å². The smallest absolute Gasteiger partial charge is 0.139 e. The number of hydrogen-bond acceptors (Lipinski definition) is 1. The summed E-state index contributed by atoms with van der Waals surface area (Å²) in [6.07, 6.45) is 2.04. The molecule has 2 rings (SSSR count). The van der Waals surface area contributed by atoms with Crippen LogP contribution in [0.2, 0.25) is 0 Å². The molecular weight excluding hydrogens is 329 g/mol. The van der Waals surface area contributed by atoms with Crippen molar-refractivity contribution in [3.63, 3.8) is 0 Å². The lowest BCUT2D eigenvalue weighted by Crippen LogP contribution is -2.17. The first kappa shape index (κ1) is 16.0. The predicted octanol–water partition coefficient (Wildman–Crippen LogP) is 5.64. The SMILES string of the molecule is Cc1cccc(CCC(C)Nc2cc(F)c(Br)cc2C)c1. The van der Waals surface area contributed by atoms with E-state index in [9.17, 15) is 4.39 Å². The van der Waals surface area contributed by atoms with Crippen molar-refractivity contribution in [3.8, 4) is 0 Å². The zero-order valence-electron chi connectivity index (χ0n) is 12.7. The van der Waals surface area contributed by atoms with E-state index in [0.29, 0.717) is 10.5 Å². The quantitative estimate of drug-likeness (QED) is 0.736. The lowest BCUT2D eigenvalue weighted by atomic mass is 10.0. The number of aryl methyl sites for hydroxylation is 3. The van der Waals surface area contributed by atoms with Gasteiger partial charge in [-0.05, 0) is 72.8 Å². The van der Waals surface area contributed by atoms with Crippen LogP contribution in [0.15, 0.2) is 40.9 Å². The third-order valence-electron chi connectivity index (χ3n) is 3.62. The number of halogens is 2. The molecule has 3 heteroatoms. The van der Waals surface area contributed by atoms with Crippen molar-refractivity contribution in [1.82, 2.24) is 0 Å². The second kappa shape index (κ2) is 7.08. The Morgan fingerprint density at radius 1 is 1.19 bits per heavy atom. The molecule has 0 saturated heterocycles. The van der Waals surface area contributed by atoms with Gasteiger partial charge in [0.15, 0.2) is 0 Å².